The second-order valence-electron chi connectivity index (χ2n) is 1.14. The van der Waals surface area contributed by atoms with Crippen LogP contribution in [-0.4, -0.2) is 18.9 Å². The fourth-order valence-corrected chi connectivity index (χ4v) is 0.191. The maximum Gasteiger partial charge on any atom is 0.210 e. The maximum absolute atomic E-state index is 9.56. The first-order chi connectivity index (χ1) is 3.85. The lowest BCUT2D eigenvalue weighted by Crippen LogP contribution is -2.02. The lowest BCUT2D eigenvalue weighted by atomic mass is 10.1. The molecule has 3 nitrogen and oxygen atoms in total. The summed E-state index contributed by atoms with van der Waals surface area (Å²) in [5, 5.41) is 0. The van der Waals surface area contributed by atoms with Crippen LogP contribution in [0.4, 0.5) is 0 Å². The molecule has 0 aliphatic heterocycles. The van der Waals surface area contributed by atoms with Gasteiger partial charge in [-0.2, -0.15) is 0 Å². The standard InChI is InChI=1S/C5H3O3/c6-2-1-5(3-7)4-8/h5H,1H2. The topological polar surface area (TPSA) is 51.2 Å². The van der Waals surface area contributed by atoms with Crippen LogP contribution in [0.15, 0.2) is 0 Å². The van der Waals surface area contributed by atoms with Crippen molar-refractivity contribution in [3.05, 3.63) is 0 Å². The molecule has 41 valence electrons. The molecular formula is C5H3O3. The van der Waals surface area contributed by atoms with Crippen LogP contribution in [0, 0.1) is 5.92 Å². The van der Waals surface area contributed by atoms with E-state index < -0.39 is 5.92 Å². The van der Waals surface area contributed by atoms with E-state index in [0.29, 0.717) is 0 Å². The zero-order chi connectivity index (χ0) is 6.41. The van der Waals surface area contributed by atoms with E-state index >= 15 is 0 Å². The van der Waals surface area contributed by atoms with Crippen LogP contribution in [0.2, 0.25) is 0 Å². The van der Waals surface area contributed by atoms with Gasteiger partial charge in [0.15, 0.2) is 6.29 Å². The Hall–Kier alpha value is -0.990. The Balaban J connectivity index is 3.50. The van der Waals surface area contributed by atoms with E-state index in [2.05, 4.69) is 0 Å². The van der Waals surface area contributed by atoms with E-state index in [4.69, 9.17) is 0 Å². The second kappa shape index (κ2) is 4.18. The molecule has 0 saturated carbocycles. The first-order valence-electron chi connectivity index (χ1n) is 1.95. The molecule has 0 heterocycles. The van der Waals surface area contributed by atoms with E-state index in [1.165, 1.54) is 18.9 Å². The zero-order valence-corrected chi connectivity index (χ0v) is 4.01. The van der Waals surface area contributed by atoms with E-state index in [9.17, 15) is 14.4 Å². The minimum atomic E-state index is -1.03. The molecule has 0 unspecified atom stereocenters. The van der Waals surface area contributed by atoms with Gasteiger partial charge in [-0.25, -0.2) is 0 Å². The van der Waals surface area contributed by atoms with Crippen molar-refractivity contribution in [3.8, 4) is 0 Å². The zero-order valence-electron chi connectivity index (χ0n) is 4.01. The van der Waals surface area contributed by atoms with Crippen LogP contribution in [0.5, 0.6) is 0 Å². The number of hydrogen-bond acceptors (Lipinski definition) is 3. The fourth-order valence-electron chi connectivity index (χ4n) is 0.191. The van der Waals surface area contributed by atoms with E-state index in [-0.39, 0.29) is 6.42 Å². The molecule has 0 atom stereocenters. The van der Waals surface area contributed by atoms with Gasteiger partial charge < -0.3 is 0 Å². The third kappa shape index (κ3) is 2.23. The van der Waals surface area contributed by atoms with Crippen LogP contribution >= 0.6 is 0 Å². The lowest BCUT2D eigenvalue weighted by Gasteiger charge is -1.84. The first-order valence-corrected chi connectivity index (χ1v) is 1.95. The van der Waals surface area contributed by atoms with Gasteiger partial charge in [0, 0.05) is 6.42 Å². The van der Waals surface area contributed by atoms with Gasteiger partial charge in [-0.3, -0.25) is 14.4 Å². The molecule has 0 N–H and O–H groups in total. The first kappa shape index (κ1) is 7.01. The van der Waals surface area contributed by atoms with Crippen molar-refractivity contribution >= 4 is 18.9 Å². The molecule has 0 aromatic carbocycles. The van der Waals surface area contributed by atoms with Crippen molar-refractivity contribution in [2.75, 3.05) is 0 Å². The molecule has 0 aliphatic carbocycles. The molecular weight excluding hydrogens is 108 g/mol. The summed E-state index contributed by atoms with van der Waals surface area (Å²) in [5.41, 5.74) is 0. The van der Waals surface area contributed by atoms with E-state index in [1.807, 2.05) is 0 Å². The molecule has 0 aromatic heterocycles. The van der Waals surface area contributed by atoms with Crippen molar-refractivity contribution in [2.45, 2.75) is 6.42 Å². The molecule has 0 aromatic rings. The summed E-state index contributed by atoms with van der Waals surface area (Å²) in [4.78, 5) is 28.6. The second-order valence-corrected chi connectivity index (χ2v) is 1.14. The quantitative estimate of drug-likeness (QED) is 0.452. The van der Waals surface area contributed by atoms with Gasteiger partial charge in [-0.1, -0.05) is 0 Å². The highest BCUT2D eigenvalue weighted by Gasteiger charge is 2.05. The van der Waals surface area contributed by atoms with Gasteiger partial charge in [0.05, 0.1) is 5.92 Å². The summed E-state index contributed by atoms with van der Waals surface area (Å²) in [6.45, 7) is 0. The summed E-state index contributed by atoms with van der Waals surface area (Å²) in [5.74, 6) is -1.03. The molecule has 0 bridgehead atoms. The summed E-state index contributed by atoms with van der Waals surface area (Å²) < 4.78 is 0. The Morgan fingerprint density at radius 1 is 1.12 bits per heavy atom. The highest BCUT2D eigenvalue weighted by atomic mass is 16.1. The molecule has 0 fully saturated rings. The molecule has 0 amide bonds. The van der Waals surface area contributed by atoms with Crippen LogP contribution in [0.1, 0.15) is 6.42 Å². The molecule has 0 spiro atoms. The lowest BCUT2D eigenvalue weighted by molar-refractivity contribution is 0.510. The largest absolute Gasteiger partial charge is 0.291 e. The van der Waals surface area contributed by atoms with E-state index in [0.717, 1.165) is 0 Å². The van der Waals surface area contributed by atoms with Crippen molar-refractivity contribution in [1.29, 1.82) is 0 Å². The Kier molecular flexibility index (Phi) is 3.66. The van der Waals surface area contributed by atoms with Crippen LogP contribution in [-0.2, 0) is 14.4 Å². The van der Waals surface area contributed by atoms with Crippen molar-refractivity contribution in [2.24, 2.45) is 5.92 Å². The van der Waals surface area contributed by atoms with Gasteiger partial charge >= 0.3 is 0 Å². The molecule has 0 aliphatic rings. The van der Waals surface area contributed by atoms with Crippen LogP contribution < -0.4 is 0 Å². The van der Waals surface area contributed by atoms with Crippen molar-refractivity contribution < 1.29 is 14.4 Å². The highest BCUT2D eigenvalue weighted by Crippen LogP contribution is 1.88. The minimum Gasteiger partial charge on any atom is -0.291 e. The average Bonchev–Trinajstić information content (AvgIpc) is 1.83. The molecule has 0 rings (SSSR count). The van der Waals surface area contributed by atoms with Crippen LogP contribution in [0.3, 0.4) is 0 Å². The average molecular weight is 111 g/mol. The molecule has 0 saturated heterocycles. The fraction of sp³-hybridized carbons (Fsp3) is 0.400. The summed E-state index contributed by atoms with van der Waals surface area (Å²) >= 11 is 0. The Morgan fingerprint density at radius 2 is 1.62 bits per heavy atom. The third-order valence-electron chi connectivity index (χ3n) is 0.572. The van der Waals surface area contributed by atoms with Gasteiger partial charge in [0.2, 0.25) is 12.6 Å². The summed E-state index contributed by atoms with van der Waals surface area (Å²) in [6.07, 6.45) is 3.80. The van der Waals surface area contributed by atoms with Gasteiger partial charge in [0.25, 0.3) is 0 Å². The smallest absolute Gasteiger partial charge is 0.210 e. The predicted molar refractivity (Wildman–Crippen MR) is 25.2 cm³/mol. The van der Waals surface area contributed by atoms with Gasteiger partial charge in [-0.05, 0) is 0 Å². The molecule has 8 heavy (non-hydrogen) atoms. The summed E-state index contributed by atoms with van der Waals surface area (Å²) in [6, 6.07) is 0. The Bertz CT molecular complexity index is 89.8. The molecule has 3 heteroatoms. The third-order valence-corrected chi connectivity index (χ3v) is 0.572. The van der Waals surface area contributed by atoms with Gasteiger partial charge in [0.1, 0.15) is 0 Å². The highest BCUT2D eigenvalue weighted by molar-refractivity contribution is 5.81. The van der Waals surface area contributed by atoms with Crippen molar-refractivity contribution in [1.82, 2.24) is 0 Å². The van der Waals surface area contributed by atoms with E-state index in [1.54, 1.807) is 0 Å². The normalized spacial score (nSPS) is 8.62. The van der Waals surface area contributed by atoms with Gasteiger partial charge in [-0.15, -0.1) is 0 Å². The number of hydrogen-bond donors (Lipinski definition) is 0. The number of rotatable bonds is 4. The molecule has 3 radical (unpaired) electrons. The predicted octanol–water partition coefficient (Wildman–Crippen LogP) is -0.678. The SMILES string of the molecule is O=[C]CC([C]=O)[C]=O. The monoisotopic (exact) mass is 111 g/mol. The maximum atomic E-state index is 9.56. The summed E-state index contributed by atoms with van der Waals surface area (Å²) in [7, 11) is 0. The minimum absolute atomic E-state index is 0.229. The Morgan fingerprint density at radius 3 is 1.75 bits per heavy atom. The van der Waals surface area contributed by atoms with Crippen molar-refractivity contribution in [3.63, 3.8) is 0 Å². The van der Waals surface area contributed by atoms with Crippen LogP contribution in [0.25, 0.3) is 0 Å². The Labute approximate surface area is 46.7 Å². The number of carbonyl (C=O) groups excluding carboxylic acids is 3.